The molecule has 1 saturated carbocycles. The third kappa shape index (κ3) is 3.06. The fraction of sp³-hybridized carbons (Fsp3) is 0.321. The summed E-state index contributed by atoms with van der Waals surface area (Å²) in [6.45, 7) is 2.83. The van der Waals surface area contributed by atoms with Crippen LogP contribution in [-0.4, -0.2) is 40.0 Å². The predicted octanol–water partition coefficient (Wildman–Crippen LogP) is 4.07. The van der Waals surface area contributed by atoms with Crippen LogP contribution < -0.4 is 4.74 Å². The van der Waals surface area contributed by atoms with Crippen molar-refractivity contribution in [3.63, 3.8) is 0 Å². The summed E-state index contributed by atoms with van der Waals surface area (Å²) in [5.74, 6) is -1.45. The molecule has 6 nitrogen and oxygen atoms in total. The van der Waals surface area contributed by atoms with Gasteiger partial charge in [-0.05, 0) is 64.9 Å². The molecule has 174 valence electrons. The zero-order chi connectivity index (χ0) is 24.3. The Kier molecular flexibility index (Phi) is 5.19. The SMILES string of the molecule is C[C@@H]1C[C@H]2c3ccc4cc(OC(=O)c5ccccc5)ccc4c3C(=O)C[C@]2(C)[C@@]1(O)C(=O)CO. The Morgan fingerprint density at radius 1 is 1.09 bits per heavy atom. The molecule has 2 aliphatic rings. The van der Waals surface area contributed by atoms with Gasteiger partial charge in [-0.25, -0.2) is 4.79 Å². The molecule has 3 aromatic carbocycles. The van der Waals surface area contributed by atoms with Gasteiger partial charge in [-0.2, -0.15) is 0 Å². The summed E-state index contributed by atoms with van der Waals surface area (Å²) in [6, 6.07) is 17.7. The first-order valence-corrected chi connectivity index (χ1v) is 11.4. The van der Waals surface area contributed by atoms with E-state index in [1.165, 1.54) is 0 Å². The molecule has 0 bridgehead atoms. The van der Waals surface area contributed by atoms with Crippen molar-refractivity contribution in [2.24, 2.45) is 11.3 Å². The van der Waals surface area contributed by atoms with E-state index in [-0.39, 0.29) is 18.1 Å². The van der Waals surface area contributed by atoms with Crippen LogP contribution in [0.15, 0.2) is 60.7 Å². The molecule has 0 unspecified atom stereocenters. The van der Waals surface area contributed by atoms with Crippen molar-refractivity contribution in [1.29, 1.82) is 0 Å². The van der Waals surface area contributed by atoms with E-state index in [0.717, 1.165) is 16.3 Å². The van der Waals surface area contributed by atoms with E-state index >= 15 is 0 Å². The second kappa shape index (κ2) is 7.86. The Bertz CT molecular complexity index is 1330. The van der Waals surface area contributed by atoms with Crippen LogP contribution in [0.25, 0.3) is 10.8 Å². The maximum absolute atomic E-state index is 13.4. The summed E-state index contributed by atoms with van der Waals surface area (Å²) in [7, 11) is 0. The highest BCUT2D eigenvalue weighted by atomic mass is 16.5. The molecule has 0 amide bonds. The predicted molar refractivity (Wildman–Crippen MR) is 126 cm³/mol. The summed E-state index contributed by atoms with van der Waals surface area (Å²) < 4.78 is 5.53. The highest BCUT2D eigenvalue weighted by Gasteiger charge is 2.66. The van der Waals surface area contributed by atoms with Gasteiger partial charge in [0.1, 0.15) is 18.0 Å². The van der Waals surface area contributed by atoms with E-state index in [1.54, 1.807) is 56.3 Å². The van der Waals surface area contributed by atoms with Gasteiger partial charge >= 0.3 is 5.97 Å². The zero-order valence-electron chi connectivity index (χ0n) is 19.1. The first-order chi connectivity index (χ1) is 16.2. The lowest BCUT2D eigenvalue weighted by Gasteiger charge is -2.45. The number of carbonyl (C=O) groups excluding carboxylic acids is 3. The van der Waals surface area contributed by atoms with Gasteiger partial charge in [-0.3, -0.25) is 9.59 Å². The number of fused-ring (bicyclic) bond motifs is 5. The van der Waals surface area contributed by atoms with Crippen LogP contribution in [0, 0.1) is 11.3 Å². The summed E-state index contributed by atoms with van der Waals surface area (Å²) in [6.07, 6.45) is 0.554. The van der Waals surface area contributed by atoms with Crippen LogP contribution in [0.3, 0.4) is 0 Å². The molecule has 0 heterocycles. The van der Waals surface area contributed by atoms with E-state index in [4.69, 9.17) is 4.74 Å². The Balaban J connectivity index is 1.54. The van der Waals surface area contributed by atoms with E-state index in [9.17, 15) is 24.6 Å². The maximum Gasteiger partial charge on any atom is 0.343 e. The Labute approximate surface area is 197 Å². The molecule has 0 aliphatic heterocycles. The molecule has 2 aliphatic carbocycles. The monoisotopic (exact) mass is 458 g/mol. The number of hydrogen-bond donors (Lipinski definition) is 2. The van der Waals surface area contributed by atoms with Gasteiger partial charge in [0.2, 0.25) is 0 Å². The molecule has 0 spiro atoms. The van der Waals surface area contributed by atoms with Crippen molar-refractivity contribution >= 4 is 28.3 Å². The number of rotatable bonds is 4. The van der Waals surface area contributed by atoms with E-state index < -0.39 is 35.3 Å². The molecule has 1 fully saturated rings. The number of aliphatic hydroxyl groups excluding tert-OH is 1. The fourth-order valence-corrected chi connectivity index (χ4v) is 6.21. The van der Waals surface area contributed by atoms with Gasteiger partial charge in [-0.15, -0.1) is 0 Å². The first-order valence-electron chi connectivity index (χ1n) is 11.4. The Morgan fingerprint density at radius 3 is 2.53 bits per heavy atom. The van der Waals surface area contributed by atoms with E-state index in [0.29, 0.717) is 23.3 Å². The number of carbonyl (C=O) groups is 3. The smallest absolute Gasteiger partial charge is 0.343 e. The van der Waals surface area contributed by atoms with Gasteiger partial charge in [0.25, 0.3) is 0 Å². The fourth-order valence-electron chi connectivity index (χ4n) is 6.21. The van der Waals surface area contributed by atoms with Crippen LogP contribution >= 0.6 is 0 Å². The second-order valence-electron chi connectivity index (χ2n) is 9.72. The normalized spacial score (nSPS) is 27.8. The highest BCUT2D eigenvalue weighted by molar-refractivity contribution is 6.11. The third-order valence-corrected chi connectivity index (χ3v) is 7.94. The summed E-state index contributed by atoms with van der Waals surface area (Å²) in [5, 5.41) is 22.5. The number of Topliss-reactive ketones (excluding diaryl/α,β-unsaturated/α-hetero) is 2. The molecule has 2 N–H and O–H groups in total. The maximum atomic E-state index is 13.4. The molecule has 0 aromatic heterocycles. The molecular formula is C28H26O6. The summed E-state index contributed by atoms with van der Waals surface area (Å²) >= 11 is 0. The third-order valence-electron chi connectivity index (χ3n) is 7.94. The molecule has 5 rings (SSSR count). The molecule has 3 aromatic rings. The van der Waals surface area contributed by atoms with Crippen LogP contribution in [0.5, 0.6) is 5.75 Å². The van der Waals surface area contributed by atoms with E-state index in [1.807, 2.05) is 18.2 Å². The average Bonchev–Trinajstić information content (AvgIpc) is 3.05. The number of hydrogen-bond acceptors (Lipinski definition) is 6. The Morgan fingerprint density at radius 2 is 1.82 bits per heavy atom. The zero-order valence-corrected chi connectivity index (χ0v) is 19.1. The molecule has 0 saturated heterocycles. The van der Waals surface area contributed by atoms with E-state index in [2.05, 4.69) is 0 Å². The number of ether oxygens (including phenoxy) is 1. The summed E-state index contributed by atoms with van der Waals surface area (Å²) in [4.78, 5) is 38.5. The number of ketones is 2. The standard InChI is InChI=1S/C28H26O6/c1-16-12-22-21-10-8-18-13-19(34-26(32)17-6-4-3-5-7-17)9-11-20(18)25(21)23(30)14-27(22,2)28(16,33)24(31)15-29/h3-11,13,16,22,29,33H,12,14-15H2,1-2H3/t16-,22+,27+,28+/m1/s1. The molecule has 34 heavy (non-hydrogen) atoms. The van der Waals surface area contributed by atoms with Gasteiger partial charge in [0.05, 0.1) is 5.56 Å². The van der Waals surface area contributed by atoms with Gasteiger partial charge < -0.3 is 14.9 Å². The van der Waals surface area contributed by atoms with Gasteiger partial charge in [0, 0.05) is 17.4 Å². The van der Waals surface area contributed by atoms with Crippen molar-refractivity contribution < 1.29 is 29.3 Å². The minimum atomic E-state index is -1.76. The highest BCUT2D eigenvalue weighted by Crippen LogP contribution is 2.63. The number of aliphatic hydroxyl groups is 2. The summed E-state index contributed by atoms with van der Waals surface area (Å²) in [5.41, 5.74) is -0.898. The number of esters is 1. The lowest BCUT2D eigenvalue weighted by Crippen LogP contribution is -2.56. The lowest BCUT2D eigenvalue weighted by molar-refractivity contribution is -0.158. The minimum absolute atomic E-state index is 0.0150. The van der Waals surface area contributed by atoms with Crippen molar-refractivity contribution in [2.75, 3.05) is 6.61 Å². The molecular weight excluding hydrogens is 432 g/mol. The molecule has 0 radical (unpaired) electrons. The van der Waals surface area contributed by atoms with Crippen LogP contribution in [0.2, 0.25) is 0 Å². The second-order valence-corrected chi connectivity index (χ2v) is 9.72. The largest absolute Gasteiger partial charge is 0.423 e. The molecule has 4 atom stereocenters. The lowest BCUT2D eigenvalue weighted by atomic mass is 9.59. The van der Waals surface area contributed by atoms with Gasteiger partial charge in [0.15, 0.2) is 11.6 Å². The van der Waals surface area contributed by atoms with Gasteiger partial charge in [-0.1, -0.05) is 44.2 Å². The van der Waals surface area contributed by atoms with Crippen molar-refractivity contribution in [3.8, 4) is 5.75 Å². The minimum Gasteiger partial charge on any atom is -0.423 e. The van der Waals surface area contributed by atoms with Crippen LogP contribution in [-0.2, 0) is 4.79 Å². The van der Waals surface area contributed by atoms with Crippen molar-refractivity contribution in [3.05, 3.63) is 77.4 Å². The molecule has 6 heteroatoms. The van der Waals surface area contributed by atoms with Crippen LogP contribution in [0.4, 0.5) is 0 Å². The first kappa shape index (κ1) is 22.4. The quantitative estimate of drug-likeness (QED) is 0.452. The van der Waals surface area contributed by atoms with Crippen molar-refractivity contribution in [1.82, 2.24) is 0 Å². The Hall–Kier alpha value is -3.35. The van der Waals surface area contributed by atoms with Crippen molar-refractivity contribution in [2.45, 2.75) is 38.2 Å². The topological polar surface area (TPSA) is 101 Å². The average molecular weight is 459 g/mol. The van der Waals surface area contributed by atoms with Crippen LogP contribution in [0.1, 0.15) is 58.9 Å². The number of benzene rings is 3.